The fourth-order valence-corrected chi connectivity index (χ4v) is 3.05. The Morgan fingerprint density at radius 1 is 1.41 bits per heavy atom. The average molecular weight is 251 g/mol. The highest BCUT2D eigenvalue weighted by Gasteiger charge is 2.16. The third kappa shape index (κ3) is 3.23. The second-order valence-electron chi connectivity index (χ2n) is 4.23. The largest absolute Gasteiger partial charge is 0.398 e. The van der Waals surface area contributed by atoms with Crippen molar-refractivity contribution in [1.29, 1.82) is 0 Å². The molecular weight excluding hydrogens is 234 g/mol. The van der Waals surface area contributed by atoms with E-state index in [4.69, 9.17) is 10.5 Å². The normalized spacial score (nSPS) is 17.0. The zero-order valence-electron chi connectivity index (χ0n) is 9.94. The first kappa shape index (κ1) is 12.5. The summed E-state index contributed by atoms with van der Waals surface area (Å²) < 4.78 is 5.33. The second-order valence-corrected chi connectivity index (χ2v) is 5.61. The van der Waals surface area contributed by atoms with E-state index in [9.17, 15) is 4.79 Å². The Kier molecular flexibility index (Phi) is 4.07. The lowest BCUT2D eigenvalue weighted by Crippen LogP contribution is -2.17. The van der Waals surface area contributed by atoms with Crippen molar-refractivity contribution in [3.05, 3.63) is 23.8 Å². The number of carbonyl (C=O) groups is 1. The Labute approximate surface area is 106 Å². The van der Waals surface area contributed by atoms with Crippen LogP contribution in [0.15, 0.2) is 23.1 Å². The van der Waals surface area contributed by atoms with Crippen LogP contribution in [0.1, 0.15) is 30.1 Å². The summed E-state index contributed by atoms with van der Waals surface area (Å²) in [5.74, 6) is 0.0249. The van der Waals surface area contributed by atoms with E-state index in [1.54, 1.807) is 6.92 Å². The Balaban J connectivity index is 2.10. The molecule has 1 aliphatic heterocycles. The molecule has 0 spiro atoms. The van der Waals surface area contributed by atoms with E-state index in [1.807, 2.05) is 30.0 Å². The molecule has 1 saturated heterocycles. The first-order chi connectivity index (χ1) is 8.16. The fourth-order valence-electron chi connectivity index (χ4n) is 1.90. The van der Waals surface area contributed by atoms with Gasteiger partial charge >= 0.3 is 0 Å². The van der Waals surface area contributed by atoms with Gasteiger partial charge in [0.1, 0.15) is 0 Å². The molecule has 2 rings (SSSR count). The zero-order valence-corrected chi connectivity index (χ0v) is 10.8. The standard InChI is InChI=1S/C13H17NO2S/c1-9(15)12-8-11(2-3-13(12)14)17-10-4-6-16-7-5-10/h2-3,8,10H,4-7,14H2,1H3. The van der Waals surface area contributed by atoms with Crippen LogP contribution in [0.3, 0.4) is 0 Å². The number of ether oxygens (including phenoxy) is 1. The molecule has 0 radical (unpaired) electrons. The molecule has 0 aromatic heterocycles. The highest BCUT2D eigenvalue weighted by molar-refractivity contribution is 8.00. The lowest BCUT2D eigenvalue weighted by atomic mass is 10.1. The fraction of sp³-hybridized carbons (Fsp3) is 0.462. The SMILES string of the molecule is CC(=O)c1cc(SC2CCOCC2)ccc1N. The van der Waals surface area contributed by atoms with Gasteiger partial charge in [-0.1, -0.05) is 0 Å². The van der Waals surface area contributed by atoms with Crippen molar-refractivity contribution in [2.75, 3.05) is 18.9 Å². The van der Waals surface area contributed by atoms with Crippen LogP contribution in [-0.4, -0.2) is 24.2 Å². The molecule has 0 saturated carbocycles. The number of hydrogen-bond donors (Lipinski definition) is 1. The van der Waals surface area contributed by atoms with E-state index in [2.05, 4.69) is 0 Å². The van der Waals surface area contributed by atoms with E-state index in [1.165, 1.54) is 0 Å². The van der Waals surface area contributed by atoms with Crippen LogP contribution in [-0.2, 0) is 4.74 Å². The third-order valence-corrected chi connectivity index (χ3v) is 4.21. The minimum absolute atomic E-state index is 0.0249. The summed E-state index contributed by atoms with van der Waals surface area (Å²) in [4.78, 5) is 12.5. The quantitative estimate of drug-likeness (QED) is 0.663. The topological polar surface area (TPSA) is 52.3 Å². The molecule has 1 aromatic carbocycles. The van der Waals surface area contributed by atoms with Crippen molar-refractivity contribution >= 4 is 23.2 Å². The van der Waals surface area contributed by atoms with Gasteiger partial charge in [0.2, 0.25) is 0 Å². The summed E-state index contributed by atoms with van der Waals surface area (Å²) in [6.45, 7) is 3.23. The minimum Gasteiger partial charge on any atom is -0.398 e. The van der Waals surface area contributed by atoms with Gasteiger partial charge in [0, 0.05) is 34.6 Å². The van der Waals surface area contributed by atoms with Crippen LogP contribution in [0, 0.1) is 0 Å². The molecule has 1 aromatic rings. The van der Waals surface area contributed by atoms with Crippen LogP contribution >= 0.6 is 11.8 Å². The zero-order chi connectivity index (χ0) is 12.3. The molecule has 4 heteroatoms. The van der Waals surface area contributed by atoms with Crippen molar-refractivity contribution in [2.24, 2.45) is 0 Å². The monoisotopic (exact) mass is 251 g/mol. The maximum Gasteiger partial charge on any atom is 0.161 e. The summed E-state index contributed by atoms with van der Waals surface area (Å²) in [6, 6.07) is 5.71. The van der Waals surface area contributed by atoms with Gasteiger partial charge in [0.15, 0.2) is 5.78 Å². The van der Waals surface area contributed by atoms with Crippen LogP contribution in [0.25, 0.3) is 0 Å². The number of nitrogen functional groups attached to an aromatic ring is 1. The average Bonchev–Trinajstić information content (AvgIpc) is 2.32. The molecule has 0 amide bonds. The van der Waals surface area contributed by atoms with Crippen molar-refractivity contribution in [3.8, 4) is 0 Å². The van der Waals surface area contributed by atoms with Gasteiger partial charge in [-0.05, 0) is 38.0 Å². The van der Waals surface area contributed by atoms with E-state index >= 15 is 0 Å². The smallest absolute Gasteiger partial charge is 0.161 e. The molecule has 3 nitrogen and oxygen atoms in total. The van der Waals surface area contributed by atoms with Gasteiger partial charge in [-0.15, -0.1) is 11.8 Å². The molecule has 0 atom stereocenters. The molecule has 0 unspecified atom stereocenters. The Bertz CT molecular complexity index is 414. The van der Waals surface area contributed by atoms with Gasteiger partial charge < -0.3 is 10.5 Å². The third-order valence-electron chi connectivity index (χ3n) is 2.88. The first-order valence-corrected chi connectivity index (χ1v) is 6.69. The molecule has 1 fully saturated rings. The Morgan fingerprint density at radius 3 is 2.76 bits per heavy atom. The van der Waals surface area contributed by atoms with Crippen molar-refractivity contribution < 1.29 is 9.53 Å². The summed E-state index contributed by atoms with van der Waals surface area (Å²) in [5, 5.41) is 0.590. The molecule has 1 aliphatic rings. The predicted molar refractivity (Wildman–Crippen MR) is 70.6 cm³/mol. The number of anilines is 1. The van der Waals surface area contributed by atoms with Gasteiger partial charge in [0.25, 0.3) is 0 Å². The molecule has 0 aliphatic carbocycles. The predicted octanol–water partition coefficient (Wildman–Crippen LogP) is 2.74. The highest BCUT2D eigenvalue weighted by atomic mass is 32.2. The van der Waals surface area contributed by atoms with Crippen molar-refractivity contribution in [3.63, 3.8) is 0 Å². The van der Waals surface area contributed by atoms with Crippen LogP contribution in [0.5, 0.6) is 0 Å². The summed E-state index contributed by atoms with van der Waals surface area (Å²) >= 11 is 1.82. The lowest BCUT2D eigenvalue weighted by molar-refractivity contribution is 0.0999. The van der Waals surface area contributed by atoms with Crippen LogP contribution < -0.4 is 5.73 Å². The molecular formula is C13H17NO2S. The van der Waals surface area contributed by atoms with Crippen LogP contribution in [0.4, 0.5) is 5.69 Å². The molecule has 17 heavy (non-hydrogen) atoms. The summed E-state index contributed by atoms with van der Waals surface area (Å²) in [7, 11) is 0. The van der Waals surface area contributed by atoms with Gasteiger partial charge in [-0.3, -0.25) is 4.79 Å². The molecule has 1 heterocycles. The van der Waals surface area contributed by atoms with Gasteiger partial charge in [-0.2, -0.15) is 0 Å². The maximum atomic E-state index is 11.4. The van der Waals surface area contributed by atoms with E-state index in [-0.39, 0.29) is 5.78 Å². The molecule has 92 valence electrons. The number of hydrogen-bond acceptors (Lipinski definition) is 4. The highest BCUT2D eigenvalue weighted by Crippen LogP contribution is 2.31. The minimum atomic E-state index is 0.0249. The number of carbonyl (C=O) groups excluding carboxylic acids is 1. The summed E-state index contributed by atoms with van der Waals surface area (Å²) in [5.41, 5.74) is 6.96. The summed E-state index contributed by atoms with van der Waals surface area (Å²) in [6.07, 6.45) is 2.15. The van der Waals surface area contributed by atoms with Crippen molar-refractivity contribution in [1.82, 2.24) is 0 Å². The van der Waals surface area contributed by atoms with Crippen LogP contribution in [0.2, 0.25) is 0 Å². The number of rotatable bonds is 3. The van der Waals surface area contributed by atoms with E-state index in [0.29, 0.717) is 16.5 Å². The number of benzene rings is 1. The molecule has 0 bridgehead atoms. The Hall–Kier alpha value is -1.00. The van der Waals surface area contributed by atoms with E-state index in [0.717, 1.165) is 31.0 Å². The lowest BCUT2D eigenvalue weighted by Gasteiger charge is -2.21. The first-order valence-electron chi connectivity index (χ1n) is 5.81. The van der Waals surface area contributed by atoms with E-state index < -0.39 is 0 Å². The second kappa shape index (κ2) is 5.56. The number of nitrogens with two attached hydrogens (primary N) is 1. The van der Waals surface area contributed by atoms with Crippen molar-refractivity contribution in [2.45, 2.75) is 29.9 Å². The molecule has 2 N–H and O–H groups in total. The maximum absolute atomic E-state index is 11.4. The van der Waals surface area contributed by atoms with Gasteiger partial charge in [0.05, 0.1) is 0 Å². The number of ketones is 1. The number of thioether (sulfide) groups is 1. The Morgan fingerprint density at radius 2 is 2.12 bits per heavy atom. The van der Waals surface area contributed by atoms with Gasteiger partial charge in [-0.25, -0.2) is 0 Å². The number of Topliss-reactive ketones (excluding diaryl/α,β-unsaturated/α-hetero) is 1.